The zero-order valence-electron chi connectivity index (χ0n) is 12.3. The zero-order valence-corrected chi connectivity index (χ0v) is 12.3. The summed E-state index contributed by atoms with van der Waals surface area (Å²) in [5.74, 6) is 0.885. The van der Waals surface area contributed by atoms with E-state index in [1.807, 2.05) is 32.2 Å². The molecule has 0 saturated carbocycles. The first kappa shape index (κ1) is 16.0. The number of hydrogen-bond donors (Lipinski definition) is 1. The molecule has 0 saturated heterocycles. The Morgan fingerprint density at radius 2 is 2.11 bits per heavy atom. The first-order chi connectivity index (χ1) is 9.08. The lowest BCUT2D eigenvalue weighted by Crippen LogP contribution is -2.22. The molecule has 0 aliphatic carbocycles. The van der Waals surface area contributed by atoms with Crippen molar-refractivity contribution in [3.8, 4) is 5.75 Å². The molecule has 4 heteroatoms. The van der Waals surface area contributed by atoms with Gasteiger partial charge in [0.1, 0.15) is 5.75 Å². The fourth-order valence-electron chi connectivity index (χ4n) is 1.90. The van der Waals surface area contributed by atoms with E-state index in [9.17, 15) is 5.11 Å². The SMILES string of the molecule is CCOc1ccc(C(C)O)cc1CN(C)CCOC. The molecule has 1 N–H and O–H groups in total. The predicted octanol–water partition coefficient (Wildman–Crippen LogP) is 2.22. The van der Waals surface area contributed by atoms with Crippen molar-refractivity contribution in [2.24, 2.45) is 0 Å². The molecule has 0 spiro atoms. The number of benzene rings is 1. The standard InChI is InChI=1S/C15H25NO3/c1-5-19-15-7-6-13(12(2)17)10-14(15)11-16(3)8-9-18-4/h6-7,10,12,17H,5,8-9,11H2,1-4H3. The third kappa shape index (κ3) is 5.19. The molecule has 0 heterocycles. The predicted molar refractivity (Wildman–Crippen MR) is 76.5 cm³/mol. The van der Waals surface area contributed by atoms with Gasteiger partial charge in [-0.05, 0) is 38.6 Å². The molecular formula is C15H25NO3. The molecule has 4 nitrogen and oxygen atoms in total. The van der Waals surface area contributed by atoms with Crippen LogP contribution in [0.25, 0.3) is 0 Å². The molecule has 1 unspecified atom stereocenters. The molecule has 1 aromatic carbocycles. The molecule has 19 heavy (non-hydrogen) atoms. The Kier molecular flexibility index (Phi) is 6.84. The van der Waals surface area contributed by atoms with Crippen LogP contribution in [0.1, 0.15) is 31.1 Å². The smallest absolute Gasteiger partial charge is 0.123 e. The highest BCUT2D eigenvalue weighted by Gasteiger charge is 2.10. The van der Waals surface area contributed by atoms with Crippen LogP contribution in [0.5, 0.6) is 5.75 Å². The highest BCUT2D eigenvalue weighted by molar-refractivity contribution is 5.38. The van der Waals surface area contributed by atoms with Crippen LogP contribution in [-0.2, 0) is 11.3 Å². The van der Waals surface area contributed by atoms with Gasteiger partial charge in [0.25, 0.3) is 0 Å². The second kappa shape index (κ2) is 8.15. The first-order valence-electron chi connectivity index (χ1n) is 6.69. The van der Waals surface area contributed by atoms with E-state index in [0.29, 0.717) is 13.2 Å². The fourth-order valence-corrected chi connectivity index (χ4v) is 1.90. The molecule has 1 rings (SSSR count). The van der Waals surface area contributed by atoms with Crippen LogP contribution >= 0.6 is 0 Å². The van der Waals surface area contributed by atoms with E-state index in [4.69, 9.17) is 9.47 Å². The van der Waals surface area contributed by atoms with Crippen LogP contribution in [0.4, 0.5) is 0 Å². The number of methoxy groups -OCH3 is 1. The molecule has 0 amide bonds. The van der Waals surface area contributed by atoms with Crippen molar-refractivity contribution in [2.75, 3.05) is 33.9 Å². The normalized spacial score (nSPS) is 12.7. The van der Waals surface area contributed by atoms with Gasteiger partial charge in [0.05, 0.1) is 19.3 Å². The summed E-state index contributed by atoms with van der Waals surface area (Å²) < 4.78 is 10.7. The van der Waals surface area contributed by atoms with E-state index in [1.54, 1.807) is 14.0 Å². The Labute approximate surface area is 115 Å². The van der Waals surface area contributed by atoms with Crippen LogP contribution in [-0.4, -0.2) is 43.9 Å². The fraction of sp³-hybridized carbons (Fsp3) is 0.600. The van der Waals surface area contributed by atoms with Gasteiger partial charge < -0.3 is 14.6 Å². The molecule has 108 valence electrons. The maximum Gasteiger partial charge on any atom is 0.123 e. The Bertz CT molecular complexity index is 380. The van der Waals surface area contributed by atoms with Crippen molar-refractivity contribution in [2.45, 2.75) is 26.5 Å². The number of hydrogen-bond acceptors (Lipinski definition) is 4. The summed E-state index contributed by atoms with van der Waals surface area (Å²) in [7, 11) is 3.75. The van der Waals surface area contributed by atoms with Crippen LogP contribution in [0, 0.1) is 0 Å². The van der Waals surface area contributed by atoms with Crippen molar-refractivity contribution < 1.29 is 14.6 Å². The van der Waals surface area contributed by atoms with Crippen molar-refractivity contribution >= 4 is 0 Å². The Morgan fingerprint density at radius 1 is 1.37 bits per heavy atom. The number of nitrogens with zero attached hydrogens (tertiary/aromatic N) is 1. The molecule has 0 aliphatic rings. The van der Waals surface area contributed by atoms with Gasteiger partial charge in [-0.1, -0.05) is 6.07 Å². The first-order valence-corrected chi connectivity index (χ1v) is 6.69. The van der Waals surface area contributed by atoms with Crippen LogP contribution < -0.4 is 4.74 Å². The molecule has 1 aromatic rings. The number of likely N-dealkylation sites (N-methyl/N-ethyl adjacent to an activating group) is 1. The van der Waals surface area contributed by atoms with E-state index in [0.717, 1.165) is 30.0 Å². The van der Waals surface area contributed by atoms with Gasteiger partial charge in [0.2, 0.25) is 0 Å². The van der Waals surface area contributed by atoms with Gasteiger partial charge in [-0.3, -0.25) is 4.90 Å². The van der Waals surface area contributed by atoms with E-state index >= 15 is 0 Å². The van der Waals surface area contributed by atoms with Gasteiger partial charge in [0, 0.05) is 25.8 Å². The average Bonchev–Trinajstić information content (AvgIpc) is 2.38. The van der Waals surface area contributed by atoms with Crippen molar-refractivity contribution in [3.63, 3.8) is 0 Å². The summed E-state index contributed by atoms with van der Waals surface area (Å²) in [6.45, 7) is 6.73. The van der Waals surface area contributed by atoms with Gasteiger partial charge in [-0.15, -0.1) is 0 Å². The lowest BCUT2D eigenvalue weighted by molar-refractivity contribution is 0.157. The minimum atomic E-state index is -0.460. The summed E-state index contributed by atoms with van der Waals surface area (Å²) in [6.07, 6.45) is -0.460. The summed E-state index contributed by atoms with van der Waals surface area (Å²) in [5.41, 5.74) is 2.01. The summed E-state index contributed by atoms with van der Waals surface area (Å²) in [6, 6.07) is 5.86. The summed E-state index contributed by atoms with van der Waals surface area (Å²) in [5, 5.41) is 9.67. The quantitative estimate of drug-likeness (QED) is 0.784. The molecule has 0 bridgehead atoms. The minimum absolute atomic E-state index is 0.460. The number of ether oxygens (including phenoxy) is 2. The third-order valence-electron chi connectivity index (χ3n) is 2.98. The van der Waals surface area contributed by atoms with Crippen LogP contribution in [0.2, 0.25) is 0 Å². The second-order valence-electron chi connectivity index (χ2n) is 4.71. The van der Waals surface area contributed by atoms with E-state index < -0.39 is 6.10 Å². The second-order valence-corrected chi connectivity index (χ2v) is 4.71. The average molecular weight is 267 g/mol. The number of rotatable bonds is 8. The molecule has 0 fully saturated rings. The monoisotopic (exact) mass is 267 g/mol. The lowest BCUT2D eigenvalue weighted by atomic mass is 10.1. The van der Waals surface area contributed by atoms with Gasteiger partial charge >= 0.3 is 0 Å². The highest BCUT2D eigenvalue weighted by atomic mass is 16.5. The van der Waals surface area contributed by atoms with E-state index in [1.165, 1.54) is 0 Å². The minimum Gasteiger partial charge on any atom is -0.494 e. The molecule has 0 radical (unpaired) electrons. The Morgan fingerprint density at radius 3 is 2.68 bits per heavy atom. The van der Waals surface area contributed by atoms with E-state index in [-0.39, 0.29) is 0 Å². The largest absolute Gasteiger partial charge is 0.494 e. The van der Waals surface area contributed by atoms with Crippen molar-refractivity contribution in [1.82, 2.24) is 4.90 Å². The van der Waals surface area contributed by atoms with Crippen molar-refractivity contribution in [3.05, 3.63) is 29.3 Å². The molecular weight excluding hydrogens is 242 g/mol. The van der Waals surface area contributed by atoms with Gasteiger partial charge in [-0.2, -0.15) is 0 Å². The summed E-state index contributed by atoms with van der Waals surface area (Å²) in [4.78, 5) is 2.17. The Balaban J connectivity index is 2.84. The highest BCUT2D eigenvalue weighted by Crippen LogP contribution is 2.24. The lowest BCUT2D eigenvalue weighted by Gasteiger charge is -2.19. The van der Waals surface area contributed by atoms with Crippen LogP contribution in [0.3, 0.4) is 0 Å². The number of aliphatic hydroxyl groups excluding tert-OH is 1. The zero-order chi connectivity index (χ0) is 14.3. The van der Waals surface area contributed by atoms with E-state index in [2.05, 4.69) is 4.90 Å². The third-order valence-corrected chi connectivity index (χ3v) is 2.98. The topological polar surface area (TPSA) is 41.9 Å². The number of aliphatic hydroxyl groups is 1. The maximum atomic E-state index is 9.67. The maximum absolute atomic E-state index is 9.67. The van der Waals surface area contributed by atoms with Gasteiger partial charge in [0.15, 0.2) is 0 Å². The van der Waals surface area contributed by atoms with Crippen LogP contribution in [0.15, 0.2) is 18.2 Å². The molecule has 1 atom stereocenters. The molecule has 0 aromatic heterocycles. The van der Waals surface area contributed by atoms with Gasteiger partial charge in [-0.25, -0.2) is 0 Å². The Hall–Kier alpha value is -1.10. The molecule has 0 aliphatic heterocycles. The van der Waals surface area contributed by atoms with Crippen molar-refractivity contribution in [1.29, 1.82) is 0 Å². The summed E-state index contributed by atoms with van der Waals surface area (Å²) >= 11 is 0.